The zero-order valence-corrected chi connectivity index (χ0v) is 13.4. The Bertz CT molecular complexity index is 633. The van der Waals surface area contributed by atoms with E-state index in [9.17, 15) is 4.79 Å². The van der Waals surface area contributed by atoms with E-state index < -0.39 is 0 Å². The van der Waals surface area contributed by atoms with Gasteiger partial charge in [0.1, 0.15) is 0 Å². The summed E-state index contributed by atoms with van der Waals surface area (Å²) in [7, 11) is 1.47. The SMILES string of the molecule is COc1c(Cl)cc(C(=O)NCc2ccc(Cl)cc2)cc1Cl. The Morgan fingerprint density at radius 2 is 1.67 bits per heavy atom. The Hall–Kier alpha value is -1.42. The fraction of sp³-hybridized carbons (Fsp3) is 0.133. The number of benzene rings is 2. The van der Waals surface area contributed by atoms with Crippen LogP contribution in [0.4, 0.5) is 0 Å². The first-order chi connectivity index (χ1) is 10.0. The van der Waals surface area contributed by atoms with Crippen LogP contribution in [0, 0.1) is 0 Å². The number of nitrogens with one attached hydrogen (secondary N) is 1. The van der Waals surface area contributed by atoms with Gasteiger partial charge in [-0.3, -0.25) is 4.79 Å². The number of rotatable bonds is 4. The highest BCUT2D eigenvalue weighted by Gasteiger charge is 2.13. The van der Waals surface area contributed by atoms with Gasteiger partial charge in [0.25, 0.3) is 5.91 Å². The smallest absolute Gasteiger partial charge is 0.251 e. The molecule has 1 N–H and O–H groups in total. The predicted octanol–water partition coefficient (Wildman–Crippen LogP) is 4.59. The summed E-state index contributed by atoms with van der Waals surface area (Å²) in [6, 6.07) is 10.3. The van der Waals surface area contributed by atoms with Gasteiger partial charge in [-0.2, -0.15) is 0 Å². The Balaban J connectivity index is 2.08. The fourth-order valence-corrected chi connectivity index (χ4v) is 2.54. The van der Waals surface area contributed by atoms with Gasteiger partial charge in [-0.05, 0) is 29.8 Å². The lowest BCUT2D eigenvalue weighted by Crippen LogP contribution is -2.22. The predicted molar refractivity (Wildman–Crippen MR) is 85.6 cm³/mol. The molecule has 0 aromatic heterocycles. The summed E-state index contributed by atoms with van der Waals surface area (Å²) < 4.78 is 5.04. The quantitative estimate of drug-likeness (QED) is 0.881. The number of halogens is 3. The maximum atomic E-state index is 12.1. The lowest BCUT2D eigenvalue weighted by molar-refractivity contribution is 0.0951. The second kappa shape index (κ2) is 7.03. The summed E-state index contributed by atoms with van der Waals surface area (Å²) in [5.74, 6) is 0.0870. The normalized spacial score (nSPS) is 10.3. The Kier molecular flexibility index (Phi) is 5.34. The Labute approximate surface area is 137 Å². The van der Waals surface area contributed by atoms with Crippen molar-refractivity contribution in [2.75, 3.05) is 7.11 Å². The van der Waals surface area contributed by atoms with Crippen LogP contribution in [0.15, 0.2) is 36.4 Å². The van der Waals surface area contributed by atoms with Crippen LogP contribution in [0.5, 0.6) is 5.75 Å². The van der Waals surface area contributed by atoms with E-state index in [-0.39, 0.29) is 5.91 Å². The zero-order chi connectivity index (χ0) is 15.4. The summed E-state index contributed by atoms with van der Waals surface area (Å²) in [6.07, 6.45) is 0. The first-order valence-electron chi connectivity index (χ1n) is 6.07. The molecule has 2 aromatic carbocycles. The highest BCUT2D eigenvalue weighted by atomic mass is 35.5. The van der Waals surface area contributed by atoms with Crippen LogP contribution < -0.4 is 10.1 Å². The Morgan fingerprint density at radius 3 is 2.19 bits per heavy atom. The van der Waals surface area contributed by atoms with Crippen molar-refractivity contribution in [2.45, 2.75) is 6.54 Å². The average molecular weight is 345 g/mol. The van der Waals surface area contributed by atoms with Gasteiger partial charge in [0.15, 0.2) is 5.75 Å². The van der Waals surface area contributed by atoms with Crippen molar-refractivity contribution in [3.05, 3.63) is 62.6 Å². The van der Waals surface area contributed by atoms with Crippen LogP contribution >= 0.6 is 34.8 Å². The van der Waals surface area contributed by atoms with Crippen molar-refractivity contribution in [2.24, 2.45) is 0 Å². The van der Waals surface area contributed by atoms with Crippen LogP contribution in [-0.4, -0.2) is 13.0 Å². The molecule has 6 heteroatoms. The van der Waals surface area contributed by atoms with Gasteiger partial charge in [-0.1, -0.05) is 46.9 Å². The highest BCUT2D eigenvalue weighted by Crippen LogP contribution is 2.33. The van der Waals surface area contributed by atoms with Crippen LogP contribution in [0.2, 0.25) is 15.1 Å². The van der Waals surface area contributed by atoms with Crippen LogP contribution in [-0.2, 0) is 6.54 Å². The van der Waals surface area contributed by atoms with Gasteiger partial charge >= 0.3 is 0 Å². The van der Waals surface area contributed by atoms with E-state index in [0.717, 1.165) is 5.56 Å². The van der Waals surface area contributed by atoms with Crippen molar-refractivity contribution >= 4 is 40.7 Å². The molecule has 0 heterocycles. The number of ether oxygens (including phenoxy) is 1. The molecule has 21 heavy (non-hydrogen) atoms. The third-order valence-corrected chi connectivity index (χ3v) is 3.64. The molecule has 0 spiro atoms. The van der Waals surface area contributed by atoms with Crippen molar-refractivity contribution in [3.63, 3.8) is 0 Å². The molecular formula is C15H12Cl3NO2. The van der Waals surface area contributed by atoms with Crippen molar-refractivity contribution < 1.29 is 9.53 Å². The second-order valence-electron chi connectivity index (χ2n) is 4.28. The van der Waals surface area contributed by atoms with Crippen LogP contribution in [0.3, 0.4) is 0 Å². The first-order valence-corrected chi connectivity index (χ1v) is 7.20. The van der Waals surface area contributed by atoms with Crippen molar-refractivity contribution in [3.8, 4) is 5.75 Å². The topological polar surface area (TPSA) is 38.3 Å². The maximum absolute atomic E-state index is 12.1. The number of carbonyl (C=O) groups is 1. The molecule has 0 saturated heterocycles. The minimum absolute atomic E-state index is 0.267. The van der Waals surface area contributed by atoms with Gasteiger partial charge in [0, 0.05) is 17.1 Å². The average Bonchev–Trinajstić information content (AvgIpc) is 2.46. The number of methoxy groups -OCH3 is 1. The Morgan fingerprint density at radius 1 is 1.10 bits per heavy atom. The lowest BCUT2D eigenvalue weighted by atomic mass is 10.2. The van der Waals surface area contributed by atoms with Crippen molar-refractivity contribution in [1.29, 1.82) is 0 Å². The minimum Gasteiger partial charge on any atom is -0.494 e. The lowest BCUT2D eigenvalue weighted by Gasteiger charge is -2.09. The standard InChI is InChI=1S/C15H12Cl3NO2/c1-21-14-12(17)6-10(7-13(14)18)15(20)19-8-9-2-4-11(16)5-3-9/h2-7H,8H2,1H3,(H,19,20). The first kappa shape index (κ1) is 16.0. The molecular weight excluding hydrogens is 333 g/mol. The number of hydrogen-bond donors (Lipinski definition) is 1. The molecule has 0 fully saturated rings. The number of hydrogen-bond acceptors (Lipinski definition) is 2. The molecule has 2 aromatic rings. The van der Waals surface area contributed by atoms with Gasteiger partial charge in [0.05, 0.1) is 17.2 Å². The molecule has 0 aliphatic carbocycles. The molecule has 110 valence electrons. The molecule has 0 aliphatic heterocycles. The van der Waals surface area contributed by atoms with Gasteiger partial charge in [-0.15, -0.1) is 0 Å². The van der Waals surface area contributed by atoms with Gasteiger partial charge in [0.2, 0.25) is 0 Å². The van der Waals surface area contributed by atoms with Crippen LogP contribution in [0.25, 0.3) is 0 Å². The van der Waals surface area contributed by atoms with E-state index in [2.05, 4.69) is 5.32 Å². The summed E-state index contributed by atoms with van der Waals surface area (Å²) in [5, 5.41) is 4.02. The molecule has 1 amide bonds. The van der Waals surface area contributed by atoms with Crippen molar-refractivity contribution in [1.82, 2.24) is 5.32 Å². The number of amides is 1. The fourth-order valence-electron chi connectivity index (χ4n) is 1.77. The summed E-state index contributed by atoms with van der Waals surface area (Å²) in [6.45, 7) is 0.386. The molecule has 0 aliphatic rings. The third kappa shape index (κ3) is 4.03. The second-order valence-corrected chi connectivity index (χ2v) is 5.53. The molecule has 0 saturated carbocycles. The molecule has 0 atom stereocenters. The summed E-state index contributed by atoms with van der Waals surface area (Å²) in [4.78, 5) is 12.1. The van der Waals surface area contributed by atoms with E-state index in [1.165, 1.54) is 19.2 Å². The molecule has 0 unspecified atom stereocenters. The summed E-state index contributed by atoms with van der Waals surface area (Å²) in [5.41, 5.74) is 1.32. The zero-order valence-electron chi connectivity index (χ0n) is 11.1. The van der Waals surface area contributed by atoms with Gasteiger partial charge in [-0.25, -0.2) is 0 Å². The van der Waals surface area contributed by atoms with E-state index in [0.29, 0.717) is 32.9 Å². The summed E-state index contributed by atoms with van der Waals surface area (Å²) >= 11 is 17.8. The third-order valence-electron chi connectivity index (χ3n) is 2.83. The highest BCUT2D eigenvalue weighted by molar-refractivity contribution is 6.37. The van der Waals surface area contributed by atoms with E-state index in [1.807, 2.05) is 12.1 Å². The van der Waals surface area contributed by atoms with E-state index in [1.54, 1.807) is 12.1 Å². The molecule has 2 rings (SSSR count). The minimum atomic E-state index is -0.267. The van der Waals surface area contributed by atoms with E-state index in [4.69, 9.17) is 39.5 Å². The number of carbonyl (C=O) groups excluding carboxylic acids is 1. The molecule has 0 bridgehead atoms. The van der Waals surface area contributed by atoms with Gasteiger partial charge < -0.3 is 10.1 Å². The molecule has 0 radical (unpaired) electrons. The maximum Gasteiger partial charge on any atom is 0.251 e. The van der Waals surface area contributed by atoms with E-state index >= 15 is 0 Å². The van der Waals surface area contributed by atoms with Crippen LogP contribution in [0.1, 0.15) is 15.9 Å². The largest absolute Gasteiger partial charge is 0.494 e. The monoisotopic (exact) mass is 343 g/mol. The molecule has 3 nitrogen and oxygen atoms in total.